The first-order valence-electron chi connectivity index (χ1n) is 8.98. The number of benzene rings is 1. The lowest BCUT2D eigenvalue weighted by Crippen LogP contribution is -2.54. The molecule has 1 atom stereocenters. The third-order valence-electron chi connectivity index (χ3n) is 4.79. The van der Waals surface area contributed by atoms with Crippen molar-refractivity contribution < 1.29 is 18.3 Å². The maximum atomic E-state index is 12.5. The van der Waals surface area contributed by atoms with Crippen LogP contribution in [0.4, 0.5) is 11.5 Å². The van der Waals surface area contributed by atoms with Crippen molar-refractivity contribution in [1.29, 1.82) is 0 Å². The summed E-state index contributed by atoms with van der Waals surface area (Å²) in [6.07, 6.45) is 0. The number of hydrogen-bond donors (Lipinski definition) is 2. The molecule has 3 N–H and O–H groups in total. The van der Waals surface area contributed by atoms with Gasteiger partial charge >= 0.3 is 0 Å². The van der Waals surface area contributed by atoms with Crippen LogP contribution >= 0.6 is 0 Å². The zero-order valence-electron chi connectivity index (χ0n) is 15.9. The summed E-state index contributed by atoms with van der Waals surface area (Å²) in [5.41, 5.74) is 7.78. The van der Waals surface area contributed by atoms with Crippen molar-refractivity contribution in [2.24, 2.45) is 0 Å². The van der Waals surface area contributed by atoms with Crippen molar-refractivity contribution in [3.05, 3.63) is 30.3 Å². The molecule has 9 nitrogen and oxygen atoms in total. The molecular formula is C18H25N5O4S. The van der Waals surface area contributed by atoms with Crippen molar-refractivity contribution in [1.82, 2.24) is 14.5 Å². The van der Waals surface area contributed by atoms with Crippen LogP contribution in [-0.4, -0.2) is 73.2 Å². The fourth-order valence-corrected chi connectivity index (χ4v) is 4.93. The maximum absolute atomic E-state index is 12.5. The van der Waals surface area contributed by atoms with Crippen molar-refractivity contribution in [2.45, 2.75) is 13.0 Å². The van der Waals surface area contributed by atoms with Gasteiger partial charge in [0.2, 0.25) is 10.0 Å². The van der Waals surface area contributed by atoms with Crippen molar-refractivity contribution in [2.75, 3.05) is 49.7 Å². The number of rotatable bonds is 6. The van der Waals surface area contributed by atoms with Crippen LogP contribution in [0.2, 0.25) is 0 Å². The van der Waals surface area contributed by atoms with E-state index in [1.807, 2.05) is 11.8 Å². The SMILES string of the molecule is COCCS(=O)(=O)N1CCN(c2cc(-c3ccccc3O)nnc2N)CC1C. The Labute approximate surface area is 164 Å². The van der Waals surface area contributed by atoms with Crippen LogP contribution in [0.1, 0.15) is 6.92 Å². The monoisotopic (exact) mass is 407 g/mol. The summed E-state index contributed by atoms with van der Waals surface area (Å²) in [5, 5.41) is 18.2. The van der Waals surface area contributed by atoms with Gasteiger partial charge in [-0.05, 0) is 25.1 Å². The lowest BCUT2D eigenvalue weighted by Gasteiger charge is -2.40. The van der Waals surface area contributed by atoms with Gasteiger partial charge in [-0.25, -0.2) is 8.42 Å². The number of para-hydroxylation sites is 1. The molecular weight excluding hydrogens is 382 g/mol. The second kappa shape index (κ2) is 8.29. The highest BCUT2D eigenvalue weighted by Gasteiger charge is 2.33. The number of sulfonamides is 1. The first-order valence-corrected chi connectivity index (χ1v) is 10.6. The van der Waals surface area contributed by atoms with E-state index in [0.717, 1.165) is 0 Å². The first-order chi connectivity index (χ1) is 13.3. The number of aromatic hydroxyl groups is 1. The largest absolute Gasteiger partial charge is 0.507 e. The standard InChI is InChI=1S/C18H25N5O4S/c1-13-12-22(7-8-23(13)28(25,26)10-9-27-2)16-11-15(20-21-18(16)19)14-5-3-4-6-17(14)24/h3-6,11,13,24H,7-10,12H2,1-2H3,(H2,19,21). The van der Waals surface area contributed by atoms with E-state index in [9.17, 15) is 13.5 Å². The molecule has 0 bridgehead atoms. The molecule has 28 heavy (non-hydrogen) atoms. The quantitative estimate of drug-likeness (QED) is 0.725. The van der Waals surface area contributed by atoms with Gasteiger partial charge in [-0.2, -0.15) is 4.31 Å². The maximum Gasteiger partial charge on any atom is 0.216 e. The molecule has 2 aromatic rings. The highest BCUT2D eigenvalue weighted by atomic mass is 32.2. The predicted octanol–water partition coefficient (Wildman–Crippen LogP) is 0.918. The summed E-state index contributed by atoms with van der Waals surface area (Å²) < 4.78 is 31.4. The number of hydrogen-bond acceptors (Lipinski definition) is 8. The Hall–Kier alpha value is -2.43. The number of methoxy groups -OCH3 is 1. The number of nitrogens with zero attached hydrogens (tertiary/aromatic N) is 4. The van der Waals surface area contributed by atoms with E-state index in [0.29, 0.717) is 36.6 Å². The smallest absolute Gasteiger partial charge is 0.216 e. The molecule has 1 aromatic heterocycles. The molecule has 0 amide bonds. The highest BCUT2D eigenvalue weighted by Crippen LogP contribution is 2.32. The summed E-state index contributed by atoms with van der Waals surface area (Å²) >= 11 is 0. The van der Waals surface area contributed by atoms with Crippen LogP contribution in [0.25, 0.3) is 11.3 Å². The fourth-order valence-electron chi connectivity index (χ4n) is 3.35. The summed E-state index contributed by atoms with van der Waals surface area (Å²) in [6, 6.07) is 8.42. The highest BCUT2D eigenvalue weighted by molar-refractivity contribution is 7.89. The summed E-state index contributed by atoms with van der Waals surface area (Å²) in [6.45, 7) is 3.33. The number of nitrogen functional groups attached to an aromatic ring is 1. The van der Waals surface area contributed by atoms with Crippen molar-refractivity contribution >= 4 is 21.5 Å². The van der Waals surface area contributed by atoms with Crippen LogP contribution in [0.15, 0.2) is 30.3 Å². The minimum absolute atomic E-state index is 0.0375. The van der Waals surface area contributed by atoms with E-state index in [4.69, 9.17) is 10.5 Å². The molecule has 2 heterocycles. The topological polar surface area (TPSA) is 122 Å². The lowest BCUT2D eigenvalue weighted by atomic mass is 10.1. The zero-order valence-corrected chi connectivity index (χ0v) is 16.8. The molecule has 0 radical (unpaired) electrons. The average molecular weight is 407 g/mol. The van der Waals surface area contributed by atoms with Crippen LogP contribution in [-0.2, 0) is 14.8 Å². The number of nitrogens with two attached hydrogens (primary N) is 1. The van der Waals surface area contributed by atoms with E-state index in [1.54, 1.807) is 30.3 Å². The zero-order chi connectivity index (χ0) is 20.3. The number of phenols is 1. The second-order valence-electron chi connectivity index (χ2n) is 6.73. The van der Waals surface area contributed by atoms with Crippen LogP contribution in [0.5, 0.6) is 5.75 Å². The van der Waals surface area contributed by atoms with E-state index in [-0.39, 0.29) is 30.0 Å². The van der Waals surface area contributed by atoms with Gasteiger partial charge in [-0.1, -0.05) is 12.1 Å². The van der Waals surface area contributed by atoms with Crippen LogP contribution < -0.4 is 10.6 Å². The van der Waals surface area contributed by atoms with Crippen molar-refractivity contribution in [3.63, 3.8) is 0 Å². The first kappa shape index (κ1) is 20.3. The Balaban J connectivity index is 1.82. The Kier molecular flexibility index (Phi) is 6.01. The molecule has 1 unspecified atom stereocenters. The van der Waals surface area contributed by atoms with Gasteiger partial charge in [0, 0.05) is 38.3 Å². The van der Waals surface area contributed by atoms with E-state index in [1.165, 1.54) is 11.4 Å². The molecule has 10 heteroatoms. The minimum atomic E-state index is -3.38. The van der Waals surface area contributed by atoms with Gasteiger partial charge in [-0.3, -0.25) is 0 Å². The van der Waals surface area contributed by atoms with Gasteiger partial charge < -0.3 is 20.5 Å². The molecule has 1 aliphatic heterocycles. The van der Waals surface area contributed by atoms with E-state index < -0.39 is 10.0 Å². The van der Waals surface area contributed by atoms with Crippen LogP contribution in [0.3, 0.4) is 0 Å². The predicted molar refractivity (Wildman–Crippen MR) is 108 cm³/mol. The van der Waals surface area contributed by atoms with Gasteiger partial charge in [0.15, 0.2) is 5.82 Å². The molecule has 0 spiro atoms. The molecule has 1 aromatic carbocycles. The van der Waals surface area contributed by atoms with E-state index in [2.05, 4.69) is 10.2 Å². The molecule has 0 aliphatic carbocycles. The minimum Gasteiger partial charge on any atom is -0.507 e. The molecule has 3 rings (SSSR count). The Morgan fingerprint density at radius 2 is 2.04 bits per heavy atom. The van der Waals surface area contributed by atoms with Gasteiger partial charge in [0.25, 0.3) is 0 Å². The molecule has 1 fully saturated rings. The summed E-state index contributed by atoms with van der Waals surface area (Å²) in [4.78, 5) is 2.00. The van der Waals surface area contributed by atoms with Crippen LogP contribution in [0, 0.1) is 0 Å². The normalized spacial score (nSPS) is 18.4. The average Bonchev–Trinajstić information content (AvgIpc) is 2.67. The number of ether oxygens (including phenoxy) is 1. The molecule has 0 saturated carbocycles. The summed E-state index contributed by atoms with van der Waals surface area (Å²) in [5.74, 6) is 0.335. The lowest BCUT2D eigenvalue weighted by molar-refractivity contribution is 0.213. The van der Waals surface area contributed by atoms with E-state index >= 15 is 0 Å². The number of anilines is 2. The number of piperazine rings is 1. The second-order valence-corrected chi connectivity index (χ2v) is 8.77. The molecule has 152 valence electrons. The number of aromatic nitrogens is 2. The van der Waals surface area contributed by atoms with Crippen molar-refractivity contribution in [3.8, 4) is 17.0 Å². The molecule has 1 aliphatic rings. The Bertz CT molecular complexity index is 937. The Morgan fingerprint density at radius 1 is 1.29 bits per heavy atom. The van der Waals surface area contributed by atoms with Gasteiger partial charge in [0.1, 0.15) is 5.75 Å². The van der Waals surface area contributed by atoms with Gasteiger partial charge in [-0.15, -0.1) is 10.2 Å². The third-order valence-corrected chi connectivity index (χ3v) is 6.73. The fraction of sp³-hybridized carbons (Fsp3) is 0.444. The Morgan fingerprint density at radius 3 is 2.71 bits per heavy atom. The third kappa shape index (κ3) is 4.18. The number of phenolic OH excluding ortho intramolecular Hbond substituents is 1. The van der Waals surface area contributed by atoms with Gasteiger partial charge in [0.05, 0.1) is 23.7 Å². The molecule has 1 saturated heterocycles. The summed E-state index contributed by atoms with van der Waals surface area (Å²) in [7, 11) is -1.89.